The molecule has 1 atom stereocenters. The van der Waals surface area contributed by atoms with Crippen LogP contribution < -0.4 is 4.74 Å². The molecule has 5 heteroatoms. The third kappa shape index (κ3) is 2.21. The van der Waals surface area contributed by atoms with Gasteiger partial charge in [-0.1, -0.05) is 46.3 Å². The molecule has 0 N–H and O–H groups in total. The average molecular weight is 351 g/mol. The third-order valence-corrected chi connectivity index (χ3v) is 4.29. The van der Waals surface area contributed by atoms with Gasteiger partial charge in [0.15, 0.2) is 0 Å². The molecule has 2 aromatic carbocycles. The van der Waals surface area contributed by atoms with Crippen molar-refractivity contribution in [3.8, 4) is 5.75 Å². The number of fused-ring (bicyclic) bond motifs is 1. The van der Waals surface area contributed by atoms with Gasteiger partial charge in [-0.15, -0.1) is 0 Å². The number of rotatable bonds is 2. The number of carbonyl (C=O) groups is 1. The van der Waals surface area contributed by atoms with E-state index in [1.807, 2.05) is 18.2 Å². The summed E-state index contributed by atoms with van der Waals surface area (Å²) in [6.45, 7) is 0. The smallest absolute Gasteiger partial charge is 0.355 e. The number of ether oxygens (including phenoxy) is 2. The van der Waals surface area contributed by atoms with Crippen molar-refractivity contribution in [2.24, 2.45) is 0 Å². The summed E-state index contributed by atoms with van der Waals surface area (Å²) in [5.41, 5.74) is 0.167. The first-order chi connectivity index (χ1) is 10.1. The van der Waals surface area contributed by atoms with Crippen molar-refractivity contribution in [2.45, 2.75) is 12.0 Å². The van der Waals surface area contributed by atoms with Gasteiger partial charge in [0.05, 0.1) is 7.11 Å². The number of hydrogen-bond donors (Lipinski definition) is 0. The van der Waals surface area contributed by atoms with Crippen molar-refractivity contribution in [3.63, 3.8) is 0 Å². The molecule has 1 aliphatic rings. The van der Waals surface area contributed by atoms with E-state index in [9.17, 15) is 9.18 Å². The highest BCUT2D eigenvalue weighted by Crippen LogP contribution is 2.45. The Hall–Kier alpha value is -1.88. The fourth-order valence-corrected chi connectivity index (χ4v) is 3.13. The highest BCUT2D eigenvalue weighted by atomic mass is 79.9. The lowest BCUT2D eigenvalue weighted by atomic mass is 9.89. The normalized spacial score (nSPS) is 19.8. The minimum atomic E-state index is -1.27. The lowest BCUT2D eigenvalue weighted by molar-refractivity contribution is -0.158. The van der Waals surface area contributed by atoms with Gasteiger partial charge in [-0.3, -0.25) is 0 Å². The van der Waals surface area contributed by atoms with Gasteiger partial charge in [0.1, 0.15) is 11.6 Å². The first kappa shape index (κ1) is 14.1. The zero-order valence-corrected chi connectivity index (χ0v) is 12.8. The van der Waals surface area contributed by atoms with Gasteiger partial charge in [0, 0.05) is 28.1 Å². The largest absolute Gasteiger partial charge is 0.470 e. The summed E-state index contributed by atoms with van der Waals surface area (Å²) >= 11 is 3.32. The van der Waals surface area contributed by atoms with Crippen LogP contribution in [0.15, 0.2) is 46.9 Å². The molecule has 0 radical (unpaired) electrons. The van der Waals surface area contributed by atoms with Crippen LogP contribution in [0.25, 0.3) is 0 Å². The van der Waals surface area contributed by atoms with E-state index >= 15 is 0 Å². The van der Waals surface area contributed by atoms with E-state index in [-0.39, 0.29) is 0 Å². The monoisotopic (exact) mass is 350 g/mol. The Balaban J connectivity index is 2.14. The molecule has 0 saturated heterocycles. The van der Waals surface area contributed by atoms with Crippen LogP contribution in [0.3, 0.4) is 0 Å². The first-order valence-corrected chi connectivity index (χ1v) is 7.17. The highest BCUT2D eigenvalue weighted by Gasteiger charge is 2.49. The molecule has 1 heterocycles. The van der Waals surface area contributed by atoms with Crippen LogP contribution >= 0.6 is 15.9 Å². The Morgan fingerprint density at radius 2 is 2.05 bits per heavy atom. The van der Waals surface area contributed by atoms with Crippen molar-refractivity contribution in [1.29, 1.82) is 0 Å². The summed E-state index contributed by atoms with van der Waals surface area (Å²) in [7, 11) is 1.31. The second-order valence-electron chi connectivity index (χ2n) is 4.83. The third-order valence-electron chi connectivity index (χ3n) is 3.58. The summed E-state index contributed by atoms with van der Waals surface area (Å²) in [5, 5.41) is 0. The minimum Gasteiger partial charge on any atom is -0.470 e. The standard InChI is InChI=1S/C16H12BrFO3/c1-20-15(19)16(10-5-3-2-4-6-10)9-12-13(17)7-11(18)8-14(12)21-16/h2-8H,9H2,1H3/t16-/m0/s1. The summed E-state index contributed by atoms with van der Waals surface area (Å²) in [5.74, 6) is -0.567. The molecule has 1 aliphatic heterocycles. The Morgan fingerprint density at radius 3 is 2.71 bits per heavy atom. The van der Waals surface area contributed by atoms with E-state index in [0.29, 0.717) is 22.2 Å². The number of benzene rings is 2. The van der Waals surface area contributed by atoms with Gasteiger partial charge in [0.2, 0.25) is 5.60 Å². The molecule has 0 saturated carbocycles. The minimum absolute atomic E-state index is 0.292. The predicted octanol–water partition coefficient (Wildman–Crippen LogP) is 3.59. The summed E-state index contributed by atoms with van der Waals surface area (Å²) in [6, 6.07) is 11.7. The predicted molar refractivity (Wildman–Crippen MR) is 78.6 cm³/mol. The first-order valence-electron chi connectivity index (χ1n) is 6.38. The van der Waals surface area contributed by atoms with Crippen LogP contribution in [0.5, 0.6) is 5.75 Å². The van der Waals surface area contributed by atoms with Crippen molar-refractivity contribution < 1.29 is 18.7 Å². The van der Waals surface area contributed by atoms with Gasteiger partial charge in [-0.25, -0.2) is 9.18 Å². The molecule has 0 unspecified atom stereocenters. The van der Waals surface area contributed by atoms with Gasteiger partial charge in [-0.05, 0) is 6.07 Å². The molecule has 2 aromatic rings. The van der Waals surface area contributed by atoms with Gasteiger partial charge < -0.3 is 9.47 Å². The summed E-state index contributed by atoms with van der Waals surface area (Å²) in [4.78, 5) is 12.3. The Bertz CT molecular complexity index is 702. The zero-order chi connectivity index (χ0) is 15.0. The average Bonchev–Trinajstić information content (AvgIpc) is 2.88. The van der Waals surface area contributed by atoms with E-state index in [2.05, 4.69) is 15.9 Å². The molecule has 21 heavy (non-hydrogen) atoms. The maximum atomic E-state index is 13.5. The molecule has 0 fully saturated rings. The highest BCUT2D eigenvalue weighted by molar-refractivity contribution is 9.10. The number of methoxy groups -OCH3 is 1. The van der Waals surface area contributed by atoms with Crippen molar-refractivity contribution in [2.75, 3.05) is 7.11 Å². The maximum absolute atomic E-state index is 13.5. The molecular formula is C16H12BrFO3. The lowest BCUT2D eigenvalue weighted by Gasteiger charge is -2.26. The fraction of sp³-hybridized carbons (Fsp3) is 0.188. The molecule has 0 aromatic heterocycles. The number of carbonyl (C=O) groups excluding carboxylic acids is 1. The van der Waals surface area contributed by atoms with Crippen LogP contribution in [0.4, 0.5) is 4.39 Å². The van der Waals surface area contributed by atoms with E-state index in [4.69, 9.17) is 9.47 Å². The second-order valence-corrected chi connectivity index (χ2v) is 5.68. The SMILES string of the molecule is COC(=O)[C@@]1(c2ccccc2)Cc2c(Br)cc(F)cc2O1. The van der Waals surface area contributed by atoms with Crippen molar-refractivity contribution in [1.82, 2.24) is 0 Å². The van der Waals surface area contributed by atoms with Crippen LogP contribution in [0.1, 0.15) is 11.1 Å². The molecule has 0 aliphatic carbocycles. The molecule has 3 nitrogen and oxygen atoms in total. The molecule has 0 spiro atoms. The van der Waals surface area contributed by atoms with Crippen LogP contribution in [0.2, 0.25) is 0 Å². The van der Waals surface area contributed by atoms with E-state index in [1.54, 1.807) is 12.1 Å². The van der Waals surface area contributed by atoms with Crippen LogP contribution in [-0.2, 0) is 21.6 Å². The van der Waals surface area contributed by atoms with Crippen LogP contribution in [0, 0.1) is 5.82 Å². The fourth-order valence-electron chi connectivity index (χ4n) is 2.58. The Labute approximate surface area is 129 Å². The Morgan fingerprint density at radius 1 is 1.33 bits per heavy atom. The number of hydrogen-bond acceptors (Lipinski definition) is 3. The molecule has 0 amide bonds. The summed E-state index contributed by atoms with van der Waals surface area (Å²) < 4.78 is 24.9. The van der Waals surface area contributed by atoms with E-state index in [1.165, 1.54) is 19.2 Å². The molecule has 3 rings (SSSR count). The summed E-state index contributed by atoms with van der Waals surface area (Å²) in [6.07, 6.45) is 0.292. The van der Waals surface area contributed by atoms with Crippen molar-refractivity contribution in [3.05, 3.63) is 63.9 Å². The molecule has 0 bridgehead atoms. The van der Waals surface area contributed by atoms with Gasteiger partial charge in [-0.2, -0.15) is 0 Å². The van der Waals surface area contributed by atoms with E-state index in [0.717, 1.165) is 5.56 Å². The molecular weight excluding hydrogens is 339 g/mol. The van der Waals surface area contributed by atoms with E-state index < -0.39 is 17.4 Å². The maximum Gasteiger partial charge on any atom is 0.355 e. The number of halogens is 2. The van der Waals surface area contributed by atoms with Gasteiger partial charge >= 0.3 is 5.97 Å². The second kappa shape index (κ2) is 5.15. The topological polar surface area (TPSA) is 35.5 Å². The quantitative estimate of drug-likeness (QED) is 0.776. The molecule has 108 valence electrons. The number of esters is 1. The zero-order valence-electron chi connectivity index (χ0n) is 11.2. The Kier molecular flexibility index (Phi) is 3.45. The lowest BCUT2D eigenvalue weighted by Crippen LogP contribution is -2.41. The van der Waals surface area contributed by atoms with Crippen LogP contribution in [-0.4, -0.2) is 13.1 Å². The van der Waals surface area contributed by atoms with Crippen molar-refractivity contribution >= 4 is 21.9 Å². The van der Waals surface area contributed by atoms with Gasteiger partial charge in [0.25, 0.3) is 0 Å².